The maximum Gasteiger partial charge on any atom is 0.305 e. The Morgan fingerprint density at radius 2 is 1.93 bits per heavy atom. The first-order chi connectivity index (χ1) is 6.57. The number of rotatable bonds is 6. The summed E-state index contributed by atoms with van der Waals surface area (Å²) < 4.78 is 4.51. The highest BCUT2D eigenvalue weighted by molar-refractivity contribution is 6.13. The Kier molecular flexibility index (Phi) is 6.89. The molecule has 0 saturated heterocycles. The molecule has 0 aromatic rings. The monoisotopic (exact) mass is 199 g/mol. The topological polar surface area (TPSA) is 46.6 Å². The van der Waals surface area contributed by atoms with Crippen molar-refractivity contribution in [2.24, 2.45) is 0 Å². The van der Waals surface area contributed by atoms with Crippen molar-refractivity contribution in [2.75, 3.05) is 13.7 Å². The smallest absolute Gasteiger partial charge is 0.305 e. The Morgan fingerprint density at radius 1 is 1.29 bits per heavy atom. The third kappa shape index (κ3) is 6.51. The van der Waals surface area contributed by atoms with Gasteiger partial charge in [-0.2, -0.15) is 0 Å². The van der Waals surface area contributed by atoms with E-state index in [1.807, 2.05) is 0 Å². The van der Waals surface area contributed by atoms with Gasteiger partial charge in [-0.05, 0) is 12.8 Å². The number of nitrogens with zero attached hydrogens (tertiary/aromatic N) is 1. The molecule has 1 amide bonds. The van der Waals surface area contributed by atoms with Crippen LogP contribution in [0.15, 0.2) is 0 Å². The average molecular weight is 199 g/mol. The zero-order valence-corrected chi connectivity index (χ0v) is 9.21. The Morgan fingerprint density at radius 3 is 2.43 bits per heavy atom. The van der Waals surface area contributed by atoms with Crippen LogP contribution < -0.4 is 0 Å². The molecule has 4 nitrogen and oxygen atoms in total. The summed E-state index contributed by atoms with van der Waals surface area (Å²) in [5, 5.41) is 0. The maximum atomic E-state index is 10.8. The Balaban J connectivity index is 3.30. The quantitative estimate of drug-likeness (QED) is 0.346. The molecule has 80 valence electrons. The molecule has 0 bridgehead atoms. The van der Waals surface area contributed by atoms with Gasteiger partial charge in [0.15, 0.2) is 0 Å². The summed E-state index contributed by atoms with van der Waals surface area (Å²) in [5.41, 5.74) is 0. The van der Waals surface area contributed by atoms with E-state index in [2.05, 4.69) is 4.74 Å². The fourth-order valence-corrected chi connectivity index (χ4v) is 1.05. The molecular weight excluding hydrogens is 181 g/mol. The Bertz CT molecular complexity index is 196. The van der Waals surface area contributed by atoms with Crippen LogP contribution in [0.4, 0.5) is 0 Å². The van der Waals surface area contributed by atoms with E-state index < -0.39 is 0 Å². The molecule has 0 unspecified atom stereocenters. The molecule has 0 N–H and O–H groups in total. The zero-order valence-electron chi connectivity index (χ0n) is 9.21. The normalized spacial score (nSPS) is 9.57. The van der Waals surface area contributed by atoms with Crippen molar-refractivity contribution in [1.82, 2.24) is 4.81 Å². The largest absolute Gasteiger partial charge is 0.469 e. The van der Waals surface area contributed by atoms with E-state index in [0.717, 1.165) is 25.8 Å². The van der Waals surface area contributed by atoms with Crippen LogP contribution in [0.25, 0.3) is 0 Å². The number of carbonyl (C=O) groups excluding carboxylic acids is 2. The Hall–Kier alpha value is -0.995. The maximum absolute atomic E-state index is 10.8. The first-order valence-electron chi connectivity index (χ1n) is 4.86. The minimum Gasteiger partial charge on any atom is -0.469 e. The highest BCUT2D eigenvalue weighted by Crippen LogP contribution is 2.01. The molecule has 0 atom stereocenters. The lowest BCUT2D eigenvalue weighted by molar-refractivity contribution is -0.140. The predicted molar refractivity (Wildman–Crippen MR) is 56.4 cm³/mol. The van der Waals surface area contributed by atoms with Gasteiger partial charge in [0, 0.05) is 19.9 Å². The number of carbonyl (C=O) groups is 2. The molecule has 0 fully saturated rings. The second-order valence-electron chi connectivity index (χ2n) is 3.33. The minimum absolute atomic E-state index is 0.0815. The summed E-state index contributed by atoms with van der Waals surface area (Å²) in [7, 11) is 3.18. The van der Waals surface area contributed by atoms with Crippen LogP contribution in [0.3, 0.4) is 0 Å². The van der Waals surface area contributed by atoms with Crippen molar-refractivity contribution < 1.29 is 14.3 Å². The molecule has 5 heteroatoms. The molecule has 0 aliphatic rings. The van der Waals surface area contributed by atoms with Gasteiger partial charge in [0.25, 0.3) is 0 Å². The van der Waals surface area contributed by atoms with Crippen molar-refractivity contribution in [3.05, 3.63) is 0 Å². The van der Waals surface area contributed by atoms with E-state index in [0.29, 0.717) is 6.42 Å². The van der Waals surface area contributed by atoms with Crippen LogP contribution in [-0.2, 0) is 14.3 Å². The summed E-state index contributed by atoms with van der Waals surface area (Å²) >= 11 is 0. The summed E-state index contributed by atoms with van der Waals surface area (Å²) in [6.45, 7) is 2.31. The van der Waals surface area contributed by atoms with E-state index in [4.69, 9.17) is 0 Å². The van der Waals surface area contributed by atoms with Crippen LogP contribution in [0.5, 0.6) is 0 Å². The zero-order chi connectivity index (χ0) is 11.0. The molecule has 14 heavy (non-hydrogen) atoms. The number of hydrogen-bond donors (Lipinski definition) is 0. The van der Waals surface area contributed by atoms with Crippen molar-refractivity contribution in [1.29, 1.82) is 0 Å². The van der Waals surface area contributed by atoms with E-state index >= 15 is 0 Å². The fourth-order valence-electron chi connectivity index (χ4n) is 1.05. The van der Waals surface area contributed by atoms with Crippen LogP contribution in [0.1, 0.15) is 32.6 Å². The first kappa shape index (κ1) is 13.0. The van der Waals surface area contributed by atoms with Crippen LogP contribution in [-0.4, -0.2) is 38.3 Å². The third-order valence-corrected chi connectivity index (χ3v) is 2.14. The lowest BCUT2D eigenvalue weighted by Gasteiger charge is -2.14. The van der Waals surface area contributed by atoms with Crippen molar-refractivity contribution >= 4 is 19.9 Å². The molecule has 0 radical (unpaired) electrons. The van der Waals surface area contributed by atoms with Crippen molar-refractivity contribution in [3.63, 3.8) is 0 Å². The molecule has 0 saturated carbocycles. The van der Waals surface area contributed by atoms with Gasteiger partial charge in [0.05, 0.1) is 7.11 Å². The number of unbranched alkanes of at least 4 members (excludes halogenated alkanes) is 2. The minimum atomic E-state index is -0.162. The van der Waals surface area contributed by atoms with Gasteiger partial charge < -0.3 is 9.55 Å². The van der Waals surface area contributed by atoms with Crippen molar-refractivity contribution in [3.8, 4) is 0 Å². The van der Waals surface area contributed by atoms with Gasteiger partial charge in [-0.25, -0.2) is 0 Å². The van der Waals surface area contributed by atoms with Crippen LogP contribution in [0.2, 0.25) is 0 Å². The standard InChI is InChI=1S/C9H18BNO3/c1-8(12)11(10)7-5-3-4-6-9(13)14-2/h3-7,10H2,1-2H3. The summed E-state index contributed by atoms with van der Waals surface area (Å²) in [6, 6.07) is 0. The Labute approximate surface area is 86.0 Å². The predicted octanol–water partition coefficient (Wildman–Crippen LogP) is 0.116. The summed E-state index contributed by atoms with van der Waals surface area (Å²) in [4.78, 5) is 23.2. The summed E-state index contributed by atoms with van der Waals surface area (Å²) in [6.07, 6.45) is 3.19. The lowest BCUT2D eigenvalue weighted by atomic mass is 10.1. The molecule has 0 aliphatic carbocycles. The molecule has 0 aromatic heterocycles. The summed E-state index contributed by atoms with van der Waals surface area (Å²) in [5.74, 6) is -0.0807. The average Bonchev–Trinajstić information content (AvgIpc) is 2.16. The number of methoxy groups -OCH3 is 1. The first-order valence-corrected chi connectivity index (χ1v) is 4.86. The second-order valence-corrected chi connectivity index (χ2v) is 3.33. The van der Waals surface area contributed by atoms with E-state index in [1.54, 1.807) is 19.7 Å². The second kappa shape index (κ2) is 7.41. The van der Waals surface area contributed by atoms with Gasteiger partial charge in [-0.15, -0.1) is 0 Å². The molecule has 0 heterocycles. The fraction of sp³-hybridized carbons (Fsp3) is 0.778. The number of ether oxygens (including phenoxy) is 1. The molecule has 0 aliphatic heterocycles. The van der Waals surface area contributed by atoms with Gasteiger partial charge in [0.2, 0.25) is 13.9 Å². The number of amides is 1. The van der Waals surface area contributed by atoms with E-state index in [-0.39, 0.29) is 11.9 Å². The van der Waals surface area contributed by atoms with Gasteiger partial charge in [-0.3, -0.25) is 9.59 Å². The van der Waals surface area contributed by atoms with E-state index in [9.17, 15) is 9.59 Å². The van der Waals surface area contributed by atoms with E-state index in [1.165, 1.54) is 7.11 Å². The van der Waals surface area contributed by atoms with Crippen LogP contribution in [0, 0.1) is 0 Å². The number of esters is 1. The molecule has 0 rings (SSSR count). The number of hydrogen-bond acceptors (Lipinski definition) is 3. The SMILES string of the molecule is BN(CCCCCC(=O)OC)C(C)=O. The lowest BCUT2D eigenvalue weighted by Crippen LogP contribution is -2.26. The molecular formula is C9H18BNO3. The van der Waals surface area contributed by atoms with Crippen LogP contribution >= 0.6 is 0 Å². The van der Waals surface area contributed by atoms with Gasteiger partial charge in [-0.1, -0.05) is 6.42 Å². The van der Waals surface area contributed by atoms with Crippen molar-refractivity contribution in [2.45, 2.75) is 32.6 Å². The highest BCUT2D eigenvalue weighted by atomic mass is 16.5. The van der Waals surface area contributed by atoms with Gasteiger partial charge >= 0.3 is 5.97 Å². The molecule has 0 aromatic carbocycles. The molecule has 0 spiro atoms. The third-order valence-electron chi connectivity index (χ3n) is 2.14. The van der Waals surface area contributed by atoms with Gasteiger partial charge in [0.1, 0.15) is 0 Å². The highest BCUT2D eigenvalue weighted by Gasteiger charge is 2.02.